The van der Waals surface area contributed by atoms with Crippen LogP contribution in [0.1, 0.15) is 34.5 Å². The van der Waals surface area contributed by atoms with E-state index in [1.165, 1.54) is 6.20 Å². The fourth-order valence-corrected chi connectivity index (χ4v) is 3.57. The molecule has 0 radical (unpaired) electrons. The molecule has 4 N–H and O–H groups in total. The van der Waals surface area contributed by atoms with E-state index in [1.54, 1.807) is 29.4 Å². The molecule has 0 unspecified atom stereocenters. The van der Waals surface area contributed by atoms with E-state index in [1.807, 2.05) is 31.2 Å². The molecule has 9 nitrogen and oxygen atoms in total. The van der Waals surface area contributed by atoms with Crippen LogP contribution in [-0.2, 0) is 10.4 Å². The van der Waals surface area contributed by atoms with E-state index in [2.05, 4.69) is 15.0 Å². The molecule has 1 aliphatic rings. The number of amides is 1. The highest BCUT2D eigenvalue weighted by atomic mass is 16.3. The molecule has 1 fully saturated rings. The minimum atomic E-state index is -0.986. The molecular weight excluding hydrogens is 410 g/mol. The molecule has 3 aromatic rings. The summed E-state index contributed by atoms with van der Waals surface area (Å²) in [4.78, 5) is 35.7. The number of carbonyl (C=O) groups is 2. The molecule has 32 heavy (non-hydrogen) atoms. The van der Waals surface area contributed by atoms with Crippen LogP contribution in [0, 0.1) is 6.92 Å². The number of likely N-dealkylation sites (tertiary alicyclic amines) is 1. The number of carbonyl (C=O) groups excluding carboxylic acids is 1. The molecule has 1 saturated heterocycles. The number of nitrogens with zero attached hydrogens (tertiary/aromatic N) is 4. The first kappa shape index (κ1) is 22.8. The summed E-state index contributed by atoms with van der Waals surface area (Å²) in [5.74, 6) is 0.306. The Morgan fingerprint density at radius 1 is 1.09 bits per heavy atom. The monoisotopic (exact) mass is 435 g/mol. The summed E-state index contributed by atoms with van der Waals surface area (Å²) in [6.07, 6.45) is 5.82. The van der Waals surface area contributed by atoms with Crippen molar-refractivity contribution in [3.63, 3.8) is 0 Å². The summed E-state index contributed by atoms with van der Waals surface area (Å²) < 4.78 is 0. The number of aromatic nitrogens is 3. The lowest BCUT2D eigenvalue weighted by Gasteiger charge is -2.37. The third kappa shape index (κ3) is 5.25. The number of anilines is 1. The zero-order chi connectivity index (χ0) is 23.1. The lowest BCUT2D eigenvalue weighted by molar-refractivity contribution is -0.122. The van der Waals surface area contributed by atoms with E-state index in [4.69, 9.17) is 15.6 Å². The van der Waals surface area contributed by atoms with Gasteiger partial charge in [0.1, 0.15) is 11.4 Å². The van der Waals surface area contributed by atoms with Crippen molar-refractivity contribution in [1.29, 1.82) is 0 Å². The molecule has 1 aromatic carbocycles. The molecule has 9 heteroatoms. The molecule has 4 rings (SSSR count). The van der Waals surface area contributed by atoms with Gasteiger partial charge < -0.3 is 20.8 Å². The van der Waals surface area contributed by atoms with Gasteiger partial charge in [-0.2, -0.15) is 0 Å². The van der Waals surface area contributed by atoms with Gasteiger partial charge in [0.15, 0.2) is 0 Å². The molecule has 1 amide bonds. The van der Waals surface area contributed by atoms with Gasteiger partial charge in [0, 0.05) is 30.4 Å². The Hall–Kier alpha value is -3.85. The topological polar surface area (TPSA) is 143 Å². The van der Waals surface area contributed by atoms with Crippen molar-refractivity contribution in [1.82, 2.24) is 19.9 Å². The van der Waals surface area contributed by atoms with Crippen molar-refractivity contribution in [2.75, 3.05) is 18.8 Å². The fourth-order valence-electron chi connectivity index (χ4n) is 3.57. The van der Waals surface area contributed by atoms with Crippen LogP contribution in [0.3, 0.4) is 0 Å². The second-order valence-electron chi connectivity index (χ2n) is 7.56. The van der Waals surface area contributed by atoms with Crippen molar-refractivity contribution in [2.24, 2.45) is 0 Å². The molecule has 0 bridgehead atoms. The van der Waals surface area contributed by atoms with Crippen LogP contribution in [0.5, 0.6) is 0 Å². The second-order valence-corrected chi connectivity index (χ2v) is 7.56. The Morgan fingerprint density at radius 3 is 2.31 bits per heavy atom. The lowest BCUT2D eigenvalue weighted by atomic mass is 9.87. The number of aryl methyl sites for hydroxylation is 1. The van der Waals surface area contributed by atoms with Crippen LogP contribution in [0.4, 0.5) is 5.82 Å². The van der Waals surface area contributed by atoms with Gasteiger partial charge in [0.25, 0.3) is 12.4 Å². The molecule has 0 saturated carbocycles. The Kier molecular flexibility index (Phi) is 7.11. The summed E-state index contributed by atoms with van der Waals surface area (Å²) in [7, 11) is 0. The predicted octanol–water partition coefficient (Wildman–Crippen LogP) is 2.25. The number of nitrogens with two attached hydrogens (primary N) is 1. The van der Waals surface area contributed by atoms with E-state index in [-0.39, 0.29) is 12.4 Å². The number of rotatable bonds is 3. The molecule has 0 aliphatic carbocycles. The largest absolute Gasteiger partial charge is 0.483 e. The van der Waals surface area contributed by atoms with Crippen LogP contribution in [-0.4, -0.2) is 55.5 Å². The molecule has 166 valence electrons. The highest BCUT2D eigenvalue weighted by molar-refractivity contribution is 5.94. The normalized spacial score (nSPS) is 14.8. The Labute approximate surface area is 185 Å². The van der Waals surface area contributed by atoms with E-state index in [0.29, 0.717) is 48.7 Å². The van der Waals surface area contributed by atoms with Gasteiger partial charge in [-0.1, -0.05) is 18.2 Å². The molecule has 0 atom stereocenters. The first-order valence-corrected chi connectivity index (χ1v) is 10.1. The van der Waals surface area contributed by atoms with Crippen LogP contribution in [0.2, 0.25) is 0 Å². The van der Waals surface area contributed by atoms with Gasteiger partial charge in [-0.25, -0.2) is 4.98 Å². The zero-order valence-electron chi connectivity index (χ0n) is 17.7. The summed E-state index contributed by atoms with van der Waals surface area (Å²) in [5.41, 5.74) is 8.53. The van der Waals surface area contributed by atoms with Crippen molar-refractivity contribution in [3.05, 3.63) is 71.8 Å². The van der Waals surface area contributed by atoms with Crippen molar-refractivity contribution in [2.45, 2.75) is 25.4 Å². The number of benzene rings is 1. The number of aliphatic hydroxyl groups is 1. The van der Waals surface area contributed by atoms with Gasteiger partial charge in [0.2, 0.25) is 0 Å². The molecule has 3 heterocycles. The first-order chi connectivity index (χ1) is 15.4. The number of pyridine rings is 1. The summed E-state index contributed by atoms with van der Waals surface area (Å²) in [6, 6.07) is 11.1. The van der Waals surface area contributed by atoms with Crippen LogP contribution in [0.25, 0.3) is 11.3 Å². The van der Waals surface area contributed by atoms with E-state index in [9.17, 15) is 9.90 Å². The smallest absolute Gasteiger partial charge is 0.290 e. The zero-order valence-corrected chi connectivity index (χ0v) is 17.7. The van der Waals surface area contributed by atoms with Crippen LogP contribution >= 0.6 is 0 Å². The minimum absolute atomic E-state index is 0.0471. The van der Waals surface area contributed by atoms with Gasteiger partial charge in [0.05, 0.1) is 23.8 Å². The molecular formula is C23H25N5O4. The summed E-state index contributed by atoms with van der Waals surface area (Å²) in [5, 5.41) is 17.9. The Morgan fingerprint density at radius 2 is 1.75 bits per heavy atom. The number of hydrogen-bond donors (Lipinski definition) is 3. The lowest BCUT2D eigenvalue weighted by Crippen LogP contribution is -2.45. The Bertz CT molecular complexity index is 1060. The van der Waals surface area contributed by atoms with E-state index >= 15 is 0 Å². The van der Waals surface area contributed by atoms with Gasteiger partial charge in [-0.15, -0.1) is 0 Å². The number of piperidine rings is 1. The summed E-state index contributed by atoms with van der Waals surface area (Å²) >= 11 is 0. The van der Waals surface area contributed by atoms with Gasteiger partial charge >= 0.3 is 0 Å². The quantitative estimate of drug-likeness (QED) is 0.532. The fraction of sp³-hybridized carbons (Fsp3) is 0.261. The third-order valence-corrected chi connectivity index (χ3v) is 5.35. The van der Waals surface area contributed by atoms with Gasteiger partial charge in [-0.3, -0.25) is 19.6 Å². The van der Waals surface area contributed by atoms with Crippen molar-refractivity contribution in [3.8, 4) is 11.3 Å². The first-order valence-electron chi connectivity index (χ1n) is 10.1. The summed E-state index contributed by atoms with van der Waals surface area (Å²) in [6.45, 7) is 2.67. The standard InChI is InChI=1S/C22H23N5O2.CH2O2/c1-15-2-7-19(25-12-15)22(29)8-10-27(11-9-22)21(28)17-5-3-16(4-6-17)18-13-24-14-20(23)26-18;2-1-3/h2-7,12-14,29H,8-11H2,1H3,(H2,23,26);1H,(H,2,3). The maximum absolute atomic E-state index is 12.9. The highest BCUT2D eigenvalue weighted by Gasteiger charge is 2.36. The molecule has 1 aliphatic heterocycles. The average Bonchev–Trinajstić information content (AvgIpc) is 2.80. The van der Waals surface area contributed by atoms with E-state index in [0.717, 1.165) is 11.1 Å². The predicted molar refractivity (Wildman–Crippen MR) is 119 cm³/mol. The maximum Gasteiger partial charge on any atom is 0.290 e. The van der Waals surface area contributed by atoms with Crippen LogP contribution in [0.15, 0.2) is 55.0 Å². The second kappa shape index (κ2) is 9.97. The maximum atomic E-state index is 12.9. The SMILES string of the molecule is Cc1ccc(C2(O)CCN(C(=O)c3ccc(-c4cncc(N)n4)cc3)CC2)nc1.O=CO. The Balaban J connectivity index is 0.000000913. The van der Waals surface area contributed by atoms with Crippen molar-refractivity contribution >= 4 is 18.2 Å². The minimum Gasteiger partial charge on any atom is -0.483 e. The molecule has 2 aromatic heterocycles. The highest BCUT2D eigenvalue weighted by Crippen LogP contribution is 2.32. The van der Waals surface area contributed by atoms with E-state index < -0.39 is 5.60 Å². The van der Waals surface area contributed by atoms with Crippen molar-refractivity contribution < 1.29 is 19.8 Å². The average molecular weight is 435 g/mol. The van der Waals surface area contributed by atoms with Crippen LogP contribution < -0.4 is 5.73 Å². The molecule has 0 spiro atoms. The number of nitrogen functional groups attached to an aromatic ring is 1. The van der Waals surface area contributed by atoms with Gasteiger partial charge in [-0.05, 0) is 43.5 Å². The number of carboxylic acid groups (broad SMARTS) is 1. The number of hydrogen-bond acceptors (Lipinski definition) is 7. The third-order valence-electron chi connectivity index (χ3n) is 5.35.